The molecule has 0 aromatic heterocycles. The Hall–Kier alpha value is -1.88. The molecule has 27 heavy (non-hydrogen) atoms. The lowest BCUT2D eigenvalue weighted by Crippen LogP contribution is -2.53. The van der Waals surface area contributed by atoms with Gasteiger partial charge in [0.15, 0.2) is 0 Å². The summed E-state index contributed by atoms with van der Waals surface area (Å²) in [4.78, 5) is 17.4. The molecule has 144 valence electrons. The van der Waals surface area contributed by atoms with Crippen LogP contribution in [0, 0.1) is 6.92 Å². The van der Waals surface area contributed by atoms with Crippen LogP contribution in [0.3, 0.4) is 0 Å². The number of piperazine rings is 1. The second kappa shape index (κ2) is 9.36. The molecule has 1 aliphatic rings. The van der Waals surface area contributed by atoms with Crippen molar-refractivity contribution in [2.45, 2.75) is 26.3 Å². The Balaban J connectivity index is 1.47. The molecule has 1 aliphatic heterocycles. The maximum atomic E-state index is 12.7. The van der Waals surface area contributed by atoms with Gasteiger partial charge in [-0.05, 0) is 43.5 Å². The molecule has 0 radical (unpaired) electrons. The molecule has 0 bridgehead atoms. The Kier molecular flexibility index (Phi) is 6.89. The summed E-state index contributed by atoms with van der Waals surface area (Å²) in [7, 11) is 0. The summed E-state index contributed by atoms with van der Waals surface area (Å²) in [5.74, 6) is 0.0260. The first-order chi connectivity index (χ1) is 13.0. The topological polar surface area (TPSA) is 35.6 Å². The van der Waals surface area contributed by atoms with Crippen LogP contribution in [-0.4, -0.2) is 54.5 Å². The molecule has 1 fully saturated rings. The van der Waals surface area contributed by atoms with Crippen LogP contribution >= 0.6 is 11.6 Å². The van der Waals surface area contributed by atoms with Crippen LogP contribution in [0.25, 0.3) is 0 Å². The summed E-state index contributed by atoms with van der Waals surface area (Å²) in [6.07, 6.45) is 1.07. The fraction of sp³-hybridized carbons (Fsp3) is 0.409. The van der Waals surface area contributed by atoms with E-state index in [0.29, 0.717) is 5.02 Å². The van der Waals surface area contributed by atoms with Crippen molar-refractivity contribution >= 4 is 23.2 Å². The molecule has 1 saturated heterocycles. The molecule has 0 aliphatic carbocycles. The van der Waals surface area contributed by atoms with Gasteiger partial charge < -0.3 is 10.2 Å². The number of nitrogens with one attached hydrogen (secondary N) is 1. The van der Waals surface area contributed by atoms with Gasteiger partial charge in [-0.15, -0.1) is 0 Å². The minimum Gasteiger partial charge on any atom is -0.324 e. The van der Waals surface area contributed by atoms with Crippen LogP contribution < -0.4 is 5.32 Å². The van der Waals surface area contributed by atoms with Gasteiger partial charge in [-0.3, -0.25) is 9.69 Å². The van der Waals surface area contributed by atoms with Crippen LogP contribution in [0.5, 0.6) is 0 Å². The number of carbonyl (C=O) groups is 1. The SMILES string of the molecule is Cc1c(Cl)cccc1NC(=O)C(C)N1CCN(CCc2ccccc2)CC1. The summed E-state index contributed by atoms with van der Waals surface area (Å²) in [5.41, 5.74) is 3.08. The largest absolute Gasteiger partial charge is 0.324 e. The van der Waals surface area contributed by atoms with Gasteiger partial charge in [-0.2, -0.15) is 0 Å². The number of rotatable bonds is 6. The highest BCUT2D eigenvalue weighted by molar-refractivity contribution is 6.31. The predicted octanol–water partition coefficient (Wildman–Crippen LogP) is 3.84. The van der Waals surface area contributed by atoms with Crippen molar-refractivity contribution in [1.29, 1.82) is 0 Å². The molecule has 0 saturated carbocycles. The second-order valence-electron chi connectivity index (χ2n) is 7.19. The van der Waals surface area contributed by atoms with E-state index in [4.69, 9.17) is 11.6 Å². The monoisotopic (exact) mass is 385 g/mol. The van der Waals surface area contributed by atoms with Crippen molar-refractivity contribution < 1.29 is 4.79 Å². The van der Waals surface area contributed by atoms with Crippen LogP contribution in [0.15, 0.2) is 48.5 Å². The lowest BCUT2D eigenvalue weighted by Gasteiger charge is -2.37. The van der Waals surface area contributed by atoms with Crippen molar-refractivity contribution in [2.24, 2.45) is 0 Å². The number of carbonyl (C=O) groups excluding carboxylic acids is 1. The zero-order valence-electron chi connectivity index (χ0n) is 16.1. The maximum Gasteiger partial charge on any atom is 0.241 e. The zero-order valence-corrected chi connectivity index (χ0v) is 16.9. The Morgan fingerprint density at radius 3 is 2.48 bits per heavy atom. The normalized spacial score (nSPS) is 16.9. The Bertz CT molecular complexity index is 757. The number of benzene rings is 2. The third-order valence-electron chi connectivity index (χ3n) is 5.42. The van der Waals surface area contributed by atoms with E-state index in [9.17, 15) is 4.79 Å². The quantitative estimate of drug-likeness (QED) is 0.820. The van der Waals surface area contributed by atoms with E-state index in [1.54, 1.807) is 0 Å². The number of nitrogens with zero attached hydrogens (tertiary/aromatic N) is 2. The smallest absolute Gasteiger partial charge is 0.241 e. The fourth-order valence-corrected chi connectivity index (χ4v) is 3.63. The molecular weight excluding hydrogens is 358 g/mol. The summed E-state index contributed by atoms with van der Waals surface area (Å²) in [6, 6.07) is 16.0. The molecule has 1 heterocycles. The molecule has 1 unspecified atom stereocenters. The van der Waals surface area contributed by atoms with Gasteiger partial charge in [0.2, 0.25) is 5.91 Å². The highest BCUT2D eigenvalue weighted by Gasteiger charge is 2.25. The minimum atomic E-state index is -0.153. The van der Waals surface area contributed by atoms with Crippen LogP contribution in [0.2, 0.25) is 5.02 Å². The van der Waals surface area contributed by atoms with Crippen molar-refractivity contribution in [2.75, 3.05) is 38.0 Å². The van der Waals surface area contributed by atoms with E-state index in [-0.39, 0.29) is 11.9 Å². The first kappa shape index (κ1) is 19.9. The maximum absolute atomic E-state index is 12.7. The van der Waals surface area contributed by atoms with Gasteiger partial charge in [0.05, 0.1) is 6.04 Å². The average Bonchev–Trinajstić information content (AvgIpc) is 2.70. The van der Waals surface area contributed by atoms with Gasteiger partial charge in [0.1, 0.15) is 0 Å². The van der Waals surface area contributed by atoms with Crippen LogP contribution in [0.4, 0.5) is 5.69 Å². The van der Waals surface area contributed by atoms with E-state index in [1.165, 1.54) is 5.56 Å². The van der Waals surface area contributed by atoms with Crippen molar-refractivity contribution in [3.63, 3.8) is 0 Å². The standard InChI is InChI=1S/C22H28ClN3O/c1-17-20(23)9-6-10-21(17)24-22(27)18(2)26-15-13-25(14-16-26)12-11-19-7-4-3-5-8-19/h3-10,18H,11-16H2,1-2H3,(H,24,27). The Morgan fingerprint density at radius 2 is 1.78 bits per heavy atom. The van der Waals surface area contributed by atoms with E-state index >= 15 is 0 Å². The lowest BCUT2D eigenvalue weighted by molar-refractivity contribution is -0.121. The van der Waals surface area contributed by atoms with Crippen molar-refractivity contribution in [3.05, 3.63) is 64.7 Å². The van der Waals surface area contributed by atoms with Crippen molar-refractivity contribution in [3.8, 4) is 0 Å². The molecular formula is C22H28ClN3O. The van der Waals surface area contributed by atoms with Crippen molar-refractivity contribution in [1.82, 2.24) is 9.80 Å². The first-order valence-corrected chi connectivity index (χ1v) is 9.98. The molecule has 1 atom stereocenters. The Morgan fingerprint density at radius 1 is 1.07 bits per heavy atom. The third kappa shape index (κ3) is 5.32. The molecule has 1 amide bonds. The number of anilines is 1. The van der Waals surface area contributed by atoms with Crippen LogP contribution in [-0.2, 0) is 11.2 Å². The number of halogens is 1. The molecule has 2 aromatic rings. The molecule has 4 nitrogen and oxygen atoms in total. The first-order valence-electron chi connectivity index (χ1n) is 9.61. The van der Waals surface area contributed by atoms with Gasteiger partial charge >= 0.3 is 0 Å². The number of hydrogen-bond donors (Lipinski definition) is 1. The molecule has 5 heteroatoms. The lowest BCUT2D eigenvalue weighted by atomic mass is 10.1. The van der Waals surface area contributed by atoms with Gasteiger partial charge in [0.25, 0.3) is 0 Å². The van der Waals surface area contributed by atoms with Crippen LogP contribution in [0.1, 0.15) is 18.1 Å². The molecule has 3 rings (SSSR count). The molecule has 1 N–H and O–H groups in total. The summed E-state index contributed by atoms with van der Waals surface area (Å²) < 4.78 is 0. The van der Waals surface area contributed by atoms with E-state index < -0.39 is 0 Å². The number of amides is 1. The third-order valence-corrected chi connectivity index (χ3v) is 5.83. The van der Waals surface area contributed by atoms with Gasteiger partial charge in [-0.25, -0.2) is 0 Å². The summed E-state index contributed by atoms with van der Waals surface area (Å²) >= 11 is 6.15. The average molecular weight is 386 g/mol. The minimum absolute atomic E-state index is 0.0260. The van der Waals surface area contributed by atoms with Gasteiger partial charge in [-0.1, -0.05) is 48.0 Å². The molecule has 2 aromatic carbocycles. The highest BCUT2D eigenvalue weighted by Crippen LogP contribution is 2.23. The highest BCUT2D eigenvalue weighted by atomic mass is 35.5. The number of hydrogen-bond acceptors (Lipinski definition) is 3. The summed E-state index contributed by atoms with van der Waals surface area (Å²) in [5, 5.41) is 3.70. The fourth-order valence-electron chi connectivity index (χ4n) is 3.45. The molecule has 0 spiro atoms. The second-order valence-corrected chi connectivity index (χ2v) is 7.60. The van der Waals surface area contributed by atoms with E-state index in [1.807, 2.05) is 32.0 Å². The summed E-state index contributed by atoms with van der Waals surface area (Å²) in [6.45, 7) is 8.81. The van der Waals surface area contributed by atoms with Gasteiger partial charge in [0, 0.05) is 43.4 Å². The Labute approximate surface area is 167 Å². The zero-order chi connectivity index (χ0) is 19.2. The van der Waals surface area contributed by atoms with E-state index in [2.05, 4.69) is 45.4 Å². The van der Waals surface area contributed by atoms with E-state index in [0.717, 1.165) is 50.4 Å². The predicted molar refractivity (Wildman–Crippen MR) is 112 cm³/mol.